The zero-order chi connectivity index (χ0) is 24.2. The van der Waals surface area contributed by atoms with Crippen molar-refractivity contribution < 1.29 is 9.59 Å². The van der Waals surface area contributed by atoms with Crippen LogP contribution in [0.4, 0.5) is 5.69 Å². The maximum absolute atomic E-state index is 12.6. The molecule has 0 bridgehead atoms. The smallest absolute Gasteiger partial charge is 0.251 e. The topological polar surface area (TPSA) is 88.9 Å². The van der Waals surface area contributed by atoms with Crippen LogP contribution >= 0.6 is 35.0 Å². The number of anilines is 1. The highest BCUT2D eigenvalue weighted by Gasteiger charge is 2.19. The van der Waals surface area contributed by atoms with E-state index in [1.807, 2.05) is 42.5 Å². The molecule has 4 aromatic rings. The molecule has 10 heteroatoms. The first-order valence-corrected chi connectivity index (χ1v) is 12.1. The Hall–Kier alpha value is -3.07. The maximum Gasteiger partial charge on any atom is 0.251 e. The van der Waals surface area contributed by atoms with Gasteiger partial charge in [-0.2, -0.15) is 0 Å². The van der Waals surface area contributed by atoms with Crippen molar-refractivity contribution in [2.75, 3.05) is 11.1 Å². The largest absolute Gasteiger partial charge is 0.342 e. The number of nitrogens with zero attached hydrogens (tertiary/aromatic N) is 3. The second-order valence-electron chi connectivity index (χ2n) is 7.62. The van der Waals surface area contributed by atoms with Gasteiger partial charge < -0.3 is 15.2 Å². The molecule has 0 aliphatic rings. The van der Waals surface area contributed by atoms with E-state index < -0.39 is 6.04 Å². The van der Waals surface area contributed by atoms with Crippen molar-refractivity contribution in [3.8, 4) is 0 Å². The third-order valence-corrected chi connectivity index (χ3v) is 6.91. The molecule has 1 atom stereocenters. The summed E-state index contributed by atoms with van der Waals surface area (Å²) in [6.07, 6.45) is 0. The minimum absolute atomic E-state index is 0.147. The molecule has 0 unspecified atom stereocenters. The van der Waals surface area contributed by atoms with E-state index in [2.05, 4.69) is 20.8 Å². The van der Waals surface area contributed by atoms with E-state index in [4.69, 9.17) is 23.2 Å². The summed E-state index contributed by atoms with van der Waals surface area (Å²) >= 11 is 13.2. The molecule has 1 heterocycles. The average molecular weight is 514 g/mol. The van der Waals surface area contributed by atoms with Crippen LogP contribution in [0.15, 0.2) is 65.8 Å². The highest BCUT2D eigenvalue weighted by atomic mass is 35.5. The number of rotatable bonds is 7. The summed E-state index contributed by atoms with van der Waals surface area (Å²) in [7, 11) is 1.79. The summed E-state index contributed by atoms with van der Waals surface area (Å²) in [4.78, 5) is 25.0. The minimum Gasteiger partial charge on any atom is -0.342 e. The Balaban J connectivity index is 1.35. The number of benzene rings is 3. The van der Waals surface area contributed by atoms with E-state index in [1.54, 1.807) is 30.7 Å². The van der Waals surface area contributed by atoms with Crippen LogP contribution in [0, 0.1) is 0 Å². The Labute approximate surface area is 210 Å². The molecule has 0 saturated carbocycles. The number of hydrogen-bond donors (Lipinski definition) is 2. The second kappa shape index (κ2) is 10.5. The first-order valence-electron chi connectivity index (χ1n) is 10.4. The maximum atomic E-state index is 12.6. The molecular formula is C24H21Cl2N5O2S. The van der Waals surface area contributed by atoms with Gasteiger partial charge in [-0.1, -0.05) is 65.3 Å². The second-order valence-corrected chi connectivity index (χ2v) is 9.38. The van der Waals surface area contributed by atoms with Crippen molar-refractivity contribution in [3.05, 3.63) is 82.1 Å². The Morgan fingerprint density at radius 2 is 1.76 bits per heavy atom. The van der Waals surface area contributed by atoms with E-state index in [0.29, 0.717) is 26.6 Å². The van der Waals surface area contributed by atoms with E-state index >= 15 is 0 Å². The highest BCUT2D eigenvalue weighted by molar-refractivity contribution is 7.99. The lowest BCUT2D eigenvalue weighted by Crippen LogP contribution is -2.28. The van der Waals surface area contributed by atoms with Crippen molar-refractivity contribution in [2.45, 2.75) is 18.1 Å². The molecule has 0 saturated heterocycles. The Kier molecular flexibility index (Phi) is 7.41. The molecule has 2 N–H and O–H groups in total. The number of carbonyl (C=O) groups is 2. The number of hydrogen-bond acceptors (Lipinski definition) is 5. The molecule has 4 rings (SSSR count). The van der Waals surface area contributed by atoms with E-state index in [0.717, 1.165) is 16.5 Å². The Morgan fingerprint density at radius 1 is 1.00 bits per heavy atom. The van der Waals surface area contributed by atoms with Gasteiger partial charge in [-0.15, -0.1) is 10.2 Å². The van der Waals surface area contributed by atoms with Crippen molar-refractivity contribution in [1.82, 2.24) is 20.1 Å². The van der Waals surface area contributed by atoms with Crippen molar-refractivity contribution >= 4 is 63.2 Å². The van der Waals surface area contributed by atoms with Crippen LogP contribution in [0.1, 0.15) is 29.1 Å². The minimum atomic E-state index is -0.416. The number of fused-ring (bicyclic) bond motifs is 1. The SMILES string of the molecule is C[C@@H](NC(=O)c1ccc(Cl)c(Cl)c1)c1nnc(SCC(=O)Nc2ccc3ccccc3c2)n1C. The number of carbonyl (C=O) groups excluding carboxylic acids is 2. The van der Waals surface area contributed by atoms with Gasteiger partial charge in [0.1, 0.15) is 0 Å². The van der Waals surface area contributed by atoms with E-state index in [-0.39, 0.29) is 17.6 Å². The standard InChI is InChI=1S/C24H21Cl2N5O2S/c1-14(27-23(33)17-8-10-19(25)20(26)12-17)22-29-30-24(31(22)2)34-13-21(32)28-18-9-7-15-5-3-4-6-16(15)11-18/h3-12,14H,13H2,1-2H3,(H,27,33)(H,28,32)/t14-/m1/s1. The third kappa shape index (κ3) is 5.52. The Bertz CT molecular complexity index is 1370. The number of aromatic nitrogens is 3. The quantitative estimate of drug-likeness (QED) is 0.318. The fourth-order valence-corrected chi connectivity index (χ4v) is 4.42. The predicted molar refractivity (Wildman–Crippen MR) is 137 cm³/mol. The summed E-state index contributed by atoms with van der Waals surface area (Å²) in [5.41, 5.74) is 1.13. The summed E-state index contributed by atoms with van der Waals surface area (Å²) in [6.45, 7) is 1.81. The van der Waals surface area contributed by atoms with Gasteiger partial charge in [0.25, 0.3) is 5.91 Å². The monoisotopic (exact) mass is 513 g/mol. The molecule has 174 valence electrons. The normalized spacial score (nSPS) is 11.9. The van der Waals surface area contributed by atoms with E-state index in [9.17, 15) is 9.59 Å². The van der Waals surface area contributed by atoms with Gasteiger partial charge in [-0.25, -0.2) is 0 Å². The van der Waals surface area contributed by atoms with Crippen molar-refractivity contribution in [1.29, 1.82) is 0 Å². The number of halogens is 2. The molecule has 3 aromatic carbocycles. The van der Waals surface area contributed by atoms with Crippen LogP contribution in [0.5, 0.6) is 0 Å². The fourth-order valence-electron chi connectivity index (χ4n) is 3.41. The van der Waals surface area contributed by atoms with Gasteiger partial charge in [0.2, 0.25) is 5.91 Å². The first-order chi connectivity index (χ1) is 16.3. The van der Waals surface area contributed by atoms with Gasteiger partial charge in [-0.3, -0.25) is 9.59 Å². The van der Waals surface area contributed by atoms with Crippen LogP contribution in [-0.4, -0.2) is 32.3 Å². The summed E-state index contributed by atoms with van der Waals surface area (Å²) in [6, 6.07) is 18.0. The van der Waals surface area contributed by atoms with Crippen LogP contribution < -0.4 is 10.6 Å². The van der Waals surface area contributed by atoms with Crippen molar-refractivity contribution in [3.63, 3.8) is 0 Å². The van der Waals surface area contributed by atoms with Crippen LogP contribution in [0.3, 0.4) is 0 Å². The fraction of sp³-hybridized carbons (Fsp3) is 0.167. The lowest BCUT2D eigenvalue weighted by molar-refractivity contribution is -0.113. The molecule has 2 amide bonds. The lowest BCUT2D eigenvalue weighted by Gasteiger charge is -2.14. The van der Waals surface area contributed by atoms with Crippen LogP contribution in [0.2, 0.25) is 10.0 Å². The predicted octanol–water partition coefficient (Wildman–Crippen LogP) is 5.50. The van der Waals surface area contributed by atoms with Crippen LogP contribution in [0.25, 0.3) is 10.8 Å². The Morgan fingerprint density at radius 3 is 2.53 bits per heavy atom. The van der Waals surface area contributed by atoms with Gasteiger partial charge in [0, 0.05) is 18.3 Å². The number of nitrogens with one attached hydrogen (secondary N) is 2. The number of amides is 2. The van der Waals surface area contributed by atoms with Gasteiger partial charge in [0.05, 0.1) is 21.8 Å². The molecule has 0 fully saturated rings. The zero-order valence-electron chi connectivity index (χ0n) is 18.4. The lowest BCUT2D eigenvalue weighted by atomic mass is 10.1. The van der Waals surface area contributed by atoms with Gasteiger partial charge in [0.15, 0.2) is 11.0 Å². The molecule has 0 aliphatic carbocycles. The van der Waals surface area contributed by atoms with Crippen LogP contribution in [-0.2, 0) is 11.8 Å². The molecule has 0 spiro atoms. The summed E-state index contributed by atoms with van der Waals surface area (Å²) in [5.74, 6) is 0.276. The molecule has 1 aromatic heterocycles. The number of thioether (sulfide) groups is 1. The molecule has 0 radical (unpaired) electrons. The average Bonchev–Trinajstić information content (AvgIpc) is 3.19. The summed E-state index contributed by atoms with van der Waals surface area (Å²) < 4.78 is 1.76. The molecule has 7 nitrogen and oxygen atoms in total. The van der Waals surface area contributed by atoms with Crippen molar-refractivity contribution in [2.24, 2.45) is 7.05 Å². The molecule has 34 heavy (non-hydrogen) atoms. The molecular weight excluding hydrogens is 493 g/mol. The van der Waals surface area contributed by atoms with Gasteiger partial charge in [-0.05, 0) is 48.0 Å². The van der Waals surface area contributed by atoms with E-state index in [1.165, 1.54) is 17.8 Å². The van der Waals surface area contributed by atoms with Gasteiger partial charge >= 0.3 is 0 Å². The molecule has 0 aliphatic heterocycles. The summed E-state index contributed by atoms with van der Waals surface area (Å²) in [5, 5.41) is 17.6. The third-order valence-electron chi connectivity index (χ3n) is 5.15. The first kappa shape index (κ1) is 24.1. The highest BCUT2D eigenvalue weighted by Crippen LogP contribution is 2.24. The zero-order valence-corrected chi connectivity index (χ0v) is 20.7.